The molecule has 3 aromatic rings. The lowest BCUT2D eigenvalue weighted by Crippen LogP contribution is -2.12. The molecule has 0 spiro atoms. The number of nitrogens with one attached hydrogen (secondary N) is 1. The van der Waals surface area contributed by atoms with E-state index in [0.29, 0.717) is 30.9 Å². The van der Waals surface area contributed by atoms with E-state index in [1.807, 2.05) is 44.2 Å². The first kappa shape index (κ1) is 21.1. The van der Waals surface area contributed by atoms with Gasteiger partial charge in [-0.3, -0.25) is 4.79 Å². The SMILES string of the molecule is COc1ccc(OCCCC(=O)Nc2cccc(Oc3nc(C)cc(C)n3)c2)cc1. The van der Waals surface area contributed by atoms with Gasteiger partial charge in [-0.1, -0.05) is 6.07 Å². The van der Waals surface area contributed by atoms with Crippen molar-refractivity contribution >= 4 is 11.6 Å². The Balaban J connectivity index is 1.46. The van der Waals surface area contributed by atoms with Crippen molar-refractivity contribution in [2.75, 3.05) is 19.0 Å². The lowest BCUT2D eigenvalue weighted by atomic mass is 10.2. The molecule has 0 bridgehead atoms. The van der Waals surface area contributed by atoms with Crippen molar-refractivity contribution in [2.45, 2.75) is 26.7 Å². The molecule has 1 heterocycles. The van der Waals surface area contributed by atoms with Crippen molar-refractivity contribution in [3.8, 4) is 23.3 Å². The molecule has 7 nitrogen and oxygen atoms in total. The quantitative estimate of drug-likeness (QED) is 0.518. The minimum atomic E-state index is -0.0897. The van der Waals surface area contributed by atoms with E-state index in [1.54, 1.807) is 31.4 Å². The van der Waals surface area contributed by atoms with Gasteiger partial charge in [-0.25, -0.2) is 9.97 Å². The largest absolute Gasteiger partial charge is 0.497 e. The van der Waals surface area contributed by atoms with Gasteiger partial charge < -0.3 is 19.5 Å². The van der Waals surface area contributed by atoms with Gasteiger partial charge in [0.25, 0.3) is 0 Å². The Hall–Kier alpha value is -3.61. The first-order chi connectivity index (χ1) is 14.5. The highest BCUT2D eigenvalue weighted by Gasteiger charge is 2.07. The van der Waals surface area contributed by atoms with Gasteiger partial charge >= 0.3 is 6.01 Å². The molecule has 156 valence electrons. The van der Waals surface area contributed by atoms with Crippen LogP contribution >= 0.6 is 0 Å². The summed E-state index contributed by atoms with van der Waals surface area (Å²) in [5.41, 5.74) is 2.32. The third-order valence-electron chi connectivity index (χ3n) is 4.17. The fourth-order valence-corrected chi connectivity index (χ4v) is 2.80. The summed E-state index contributed by atoms with van der Waals surface area (Å²) in [6.07, 6.45) is 0.950. The zero-order valence-corrected chi connectivity index (χ0v) is 17.3. The van der Waals surface area contributed by atoms with Crippen LogP contribution in [0.15, 0.2) is 54.6 Å². The number of aromatic nitrogens is 2. The van der Waals surface area contributed by atoms with Crippen molar-refractivity contribution in [3.05, 3.63) is 66.0 Å². The number of benzene rings is 2. The normalized spacial score (nSPS) is 10.4. The number of nitrogens with zero attached hydrogens (tertiary/aromatic N) is 2. The molecule has 0 aliphatic carbocycles. The fraction of sp³-hybridized carbons (Fsp3) is 0.261. The van der Waals surface area contributed by atoms with Crippen molar-refractivity contribution in [1.29, 1.82) is 0 Å². The van der Waals surface area contributed by atoms with E-state index in [2.05, 4.69) is 15.3 Å². The summed E-state index contributed by atoms with van der Waals surface area (Å²) in [4.78, 5) is 20.7. The Morgan fingerprint density at radius 3 is 2.33 bits per heavy atom. The minimum Gasteiger partial charge on any atom is -0.497 e. The van der Waals surface area contributed by atoms with E-state index < -0.39 is 0 Å². The number of carbonyl (C=O) groups is 1. The van der Waals surface area contributed by atoms with Gasteiger partial charge in [-0.05, 0) is 62.7 Å². The molecule has 0 unspecified atom stereocenters. The first-order valence-corrected chi connectivity index (χ1v) is 9.69. The number of amides is 1. The molecule has 0 radical (unpaired) electrons. The van der Waals surface area contributed by atoms with Crippen LogP contribution in [-0.4, -0.2) is 29.6 Å². The molecule has 7 heteroatoms. The van der Waals surface area contributed by atoms with Crippen LogP contribution in [0.5, 0.6) is 23.3 Å². The van der Waals surface area contributed by atoms with E-state index in [0.717, 1.165) is 22.9 Å². The van der Waals surface area contributed by atoms with Crippen LogP contribution in [0.1, 0.15) is 24.2 Å². The molecule has 0 aliphatic rings. The number of rotatable bonds is 9. The molecule has 0 aliphatic heterocycles. The number of anilines is 1. The summed E-state index contributed by atoms with van der Waals surface area (Å²) in [7, 11) is 1.62. The zero-order chi connectivity index (χ0) is 21.3. The second-order valence-electron chi connectivity index (χ2n) is 6.74. The maximum atomic E-state index is 12.2. The van der Waals surface area contributed by atoms with Gasteiger partial charge in [-0.2, -0.15) is 0 Å². The fourth-order valence-electron chi connectivity index (χ4n) is 2.80. The van der Waals surface area contributed by atoms with Crippen molar-refractivity contribution in [1.82, 2.24) is 9.97 Å². The highest BCUT2D eigenvalue weighted by atomic mass is 16.5. The number of methoxy groups -OCH3 is 1. The summed E-state index contributed by atoms with van der Waals surface area (Å²) in [5, 5.41) is 2.87. The average molecular weight is 407 g/mol. The van der Waals surface area contributed by atoms with Crippen LogP contribution in [0.4, 0.5) is 5.69 Å². The standard InChI is InChI=1S/C23H25N3O4/c1-16-14-17(2)25-23(24-16)30-21-7-4-6-18(15-21)26-22(27)8-5-13-29-20-11-9-19(28-3)10-12-20/h4,6-7,9-12,14-15H,5,8,13H2,1-3H3,(H,26,27). The predicted molar refractivity (Wildman–Crippen MR) is 114 cm³/mol. The van der Waals surface area contributed by atoms with Crippen LogP contribution < -0.4 is 19.5 Å². The molecule has 0 fully saturated rings. The summed E-state index contributed by atoms with van der Waals surface area (Å²) in [5.74, 6) is 1.99. The maximum absolute atomic E-state index is 12.2. The second kappa shape index (κ2) is 10.2. The topological polar surface area (TPSA) is 82.6 Å². The number of ether oxygens (including phenoxy) is 3. The highest BCUT2D eigenvalue weighted by molar-refractivity contribution is 5.90. The number of hydrogen-bond donors (Lipinski definition) is 1. The molecule has 1 N–H and O–H groups in total. The van der Waals surface area contributed by atoms with Crippen LogP contribution in [0.3, 0.4) is 0 Å². The Kier molecular flexibility index (Phi) is 7.21. The highest BCUT2D eigenvalue weighted by Crippen LogP contribution is 2.22. The average Bonchev–Trinajstić information content (AvgIpc) is 2.71. The maximum Gasteiger partial charge on any atom is 0.322 e. The molecule has 0 saturated heterocycles. The minimum absolute atomic E-state index is 0.0897. The monoisotopic (exact) mass is 407 g/mol. The number of aryl methyl sites for hydroxylation is 2. The molecule has 0 saturated carbocycles. The van der Waals surface area contributed by atoms with E-state index in [-0.39, 0.29) is 11.9 Å². The zero-order valence-electron chi connectivity index (χ0n) is 17.3. The predicted octanol–water partition coefficient (Wildman–Crippen LogP) is 4.69. The van der Waals surface area contributed by atoms with E-state index >= 15 is 0 Å². The van der Waals surface area contributed by atoms with Crippen molar-refractivity contribution in [3.63, 3.8) is 0 Å². The Labute approximate surface area is 176 Å². The Bertz CT molecular complexity index is 970. The van der Waals surface area contributed by atoms with E-state index in [4.69, 9.17) is 14.2 Å². The molecule has 0 atom stereocenters. The van der Waals surface area contributed by atoms with Gasteiger partial charge in [0.2, 0.25) is 5.91 Å². The molecule has 1 aromatic heterocycles. The Morgan fingerprint density at radius 2 is 1.63 bits per heavy atom. The van der Waals surface area contributed by atoms with Crippen LogP contribution in [0.25, 0.3) is 0 Å². The van der Waals surface area contributed by atoms with Gasteiger partial charge in [0.1, 0.15) is 17.2 Å². The summed E-state index contributed by atoms with van der Waals surface area (Å²) in [6.45, 7) is 4.22. The molecular weight excluding hydrogens is 382 g/mol. The molecule has 1 amide bonds. The summed E-state index contributed by atoms with van der Waals surface area (Å²) >= 11 is 0. The molecule has 30 heavy (non-hydrogen) atoms. The lowest BCUT2D eigenvalue weighted by Gasteiger charge is -2.09. The summed E-state index contributed by atoms with van der Waals surface area (Å²) in [6, 6.07) is 16.6. The van der Waals surface area contributed by atoms with E-state index in [1.165, 1.54) is 0 Å². The van der Waals surface area contributed by atoms with Gasteiger partial charge in [0.15, 0.2) is 0 Å². The number of hydrogen-bond acceptors (Lipinski definition) is 6. The van der Waals surface area contributed by atoms with Crippen LogP contribution in [0.2, 0.25) is 0 Å². The van der Waals surface area contributed by atoms with Gasteiger partial charge in [0, 0.05) is 29.6 Å². The van der Waals surface area contributed by atoms with Crippen LogP contribution in [0, 0.1) is 13.8 Å². The smallest absolute Gasteiger partial charge is 0.322 e. The molecule has 2 aromatic carbocycles. The molecular formula is C23H25N3O4. The van der Waals surface area contributed by atoms with Gasteiger partial charge in [-0.15, -0.1) is 0 Å². The van der Waals surface area contributed by atoms with Crippen LogP contribution in [-0.2, 0) is 4.79 Å². The third kappa shape index (κ3) is 6.48. The third-order valence-corrected chi connectivity index (χ3v) is 4.17. The summed E-state index contributed by atoms with van der Waals surface area (Å²) < 4.78 is 16.5. The van der Waals surface area contributed by atoms with Crippen molar-refractivity contribution < 1.29 is 19.0 Å². The number of carbonyl (C=O) groups excluding carboxylic acids is 1. The second-order valence-corrected chi connectivity index (χ2v) is 6.74. The van der Waals surface area contributed by atoms with Gasteiger partial charge in [0.05, 0.1) is 13.7 Å². The Morgan fingerprint density at radius 1 is 0.933 bits per heavy atom. The lowest BCUT2D eigenvalue weighted by molar-refractivity contribution is -0.116. The van der Waals surface area contributed by atoms with E-state index in [9.17, 15) is 4.79 Å². The van der Waals surface area contributed by atoms with Crippen molar-refractivity contribution in [2.24, 2.45) is 0 Å². The molecule has 3 rings (SSSR count). The first-order valence-electron chi connectivity index (χ1n) is 9.69.